The van der Waals surface area contributed by atoms with Gasteiger partial charge in [0.25, 0.3) is 0 Å². The van der Waals surface area contributed by atoms with Crippen LogP contribution in [0.3, 0.4) is 0 Å². The van der Waals surface area contributed by atoms with Crippen LogP contribution in [0.15, 0.2) is 22.7 Å². The molecule has 1 rings (SSSR count). The Morgan fingerprint density at radius 2 is 2.20 bits per heavy atom. The van der Waals surface area contributed by atoms with E-state index in [1.807, 2.05) is 6.07 Å². The second-order valence-corrected chi connectivity index (χ2v) is 5.06. The van der Waals surface area contributed by atoms with Gasteiger partial charge in [-0.15, -0.1) is 0 Å². The molecule has 0 spiro atoms. The molecule has 1 aromatic carbocycles. The number of anilines is 1. The van der Waals surface area contributed by atoms with Crippen LogP contribution in [0.4, 0.5) is 10.1 Å². The summed E-state index contributed by atoms with van der Waals surface area (Å²) in [5.74, 6) is -2.20. The van der Waals surface area contributed by atoms with Gasteiger partial charge in [0.2, 0.25) is 0 Å². The fraction of sp³-hybridized carbons (Fsp3) is 0.308. The van der Waals surface area contributed by atoms with Crippen LogP contribution >= 0.6 is 15.9 Å². The molecule has 0 radical (unpaired) electrons. The molecule has 0 saturated heterocycles. The number of carbonyl (C=O) groups excluding carboxylic acids is 2. The quantitative estimate of drug-likeness (QED) is 0.857. The molecule has 2 amide bonds. The van der Waals surface area contributed by atoms with E-state index < -0.39 is 17.6 Å². The van der Waals surface area contributed by atoms with Crippen molar-refractivity contribution in [2.45, 2.75) is 19.4 Å². The first kappa shape index (κ1) is 16.1. The molecule has 0 fully saturated rings. The Bertz CT molecular complexity index is 571. The SMILES string of the molecule is C[C@@H](CC#N)N(C)C(=O)C(=O)Nc1cc(F)ccc1Br. The van der Waals surface area contributed by atoms with Crippen molar-refractivity contribution in [2.75, 3.05) is 12.4 Å². The second kappa shape index (κ2) is 7.01. The highest BCUT2D eigenvalue weighted by Crippen LogP contribution is 2.23. The van der Waals surface area contributed by atoms with Crippen molar-refractivity contribution in [1.82, 2.24) is 4.90 Å². The van der Waals surface area contributed by atoms with E-state index >= 15 is 0 Å². The summed E-state index contributed by atoms with van der Waals surface area (Å²) < 4.78 is 13.5. The van der Waals surface area contributed by atoms with Crippen molar-refractivity contribution in [1.29, 1.82) is 5.26 Å². The highest BCUT2D eigenvalue weighted by Gasteiger charge is 2.23. The molecule has 7 heteroatoms. The molecule has 0 unspecified atom stereocenters. The highest BCUT2D eigenvalue weighted by molar-refractivity contribution is 9.10. The van der Waals surface area contributed by atoms with Gasteiger partial charge in [-0.3, -0.25) is 9.59 Å². The molecule has 1 aromatic rings. The van der Waals surface area contributed by atoms with Gasteiger partial charge in [-0.1, -0.05) is 0 Å². The number of nitrogens with zero attached hydrogens (tertiary/aromatic N) is 2. The van der Waals surface area contributed by atoms with Crippen molar-refractivity contribution in [3.05, 3.63) is 28.5 Å². The Morgan fingerprint density at radius 1 is 1.55 bits per heavy atom. The van der Waals surface area contributed by atoms with Crippen molar-refractivity contribution < 1.29 is 14.0 Å². The van der Waals surface area contributed by atoms with E-state index in [1.165, 1.54) is 24.1 Å². The first-order chi connectivity index (χ1) is 9.36. The zero-order valence-electron chi connectivity index (χ0n) is 11.0. The van der Waals surface area contributed by atoms with Crippen LogP contribution in [-0.2, 0) is 9.59 Å². The predicted molar refractivity (Wildman–Crippen MR) is 75.2 cm³/mol. The number of halogens is 2. The standard InChI is InChI=1S/C13H13BrFN3O2/c1-8(5-6-16)18(2)13(20)12(19)17-11-7-9(15)3-4-10(11)14/h3-4,7-8H,5H2,1-2H3,(H,17,19)/t8-/m0/s1. The third-order valence-corrected chi connectivity index (χ3v) is 3.43. The summed E-state index contributed by atoms with van der Waals surface area (Å²) >= 11 is 3.15. The van der Waals surface area contributed by atoms with Crippen LogP contribution in [-0.4, -0.2) is 29.8 Å². The number of amides is 2. The largest absolute Gasteiger partial charge is 0.334 e. The summed E-state index contributed by atoms with van der Waals surface area (Å²) in [5.41, 5.74) is 0.171. The summed E-state index contributed by atoms with van der Waals surface area (Å²) in [6, 6.07) is 5.30. The van der Waals surface area contributed by atoms with Gasteiger partial charge in [0.1, 0.15) is 5.82 Å². The predicted octanol–water partition coefficient (Wildman–Crippen LogP) is 2.29. The van der Waals surface area contributed by atoms with E-state index in [0.29, 0.717) is 4.47 Å². The Kier molecular flexibility index (Phi) is 5.65. The molecule has 1 atom stereocenters. The first-order valence-corrected chi connectivity index (χ1v) is 6.56. The van der Waals surface area contributed by atoms with Crippen LogP contribution in [0.2, 0.25) is 0 Å². The Morgan fingerprint density at radius 3 is 2.80 bits per heavy atom. The van der Waals surface area contributed by atoms with Gasteiger partial charge >= 0.3 is 11.8 Å². The molecule has 0 aliphatic rings. The van der Waals surface area contributed by atoms with Crippen molar-refractivity contribution in [3.63, 3.8) is 0 Å². The summed E-state index contributed by atoms with van der Waals surface area (Å²) in [6.45, 7) is 1.66. The number of likely N-dealkylation sites (N-methyl/N-ethyl adjacent to an activating group) is 1. The van der Waals surface area contributed by atoms with Gasteiger partial charge in [0.15, 0.2) is 0 Å². The van der Waals surface area contributed by atoms with E-state index in [9.17, 15) is 14.0 Å². The van der Waals surface area contributed by atoms with E-state index in [4.69, 9.17) is 5.26 Å². The number of hydrogen-bond donors (Lipinski definition) is 1. The topological polar surface area (TPSA) is 73.2 Å². The molecule has 0 bridgehead atoms. The lowest BCUT2D eigenvalue weighted by molar-refractivity contribution is -0.143. The molecule has 0 saturated carbocycles. The highest BCUT2D eigenvalue weighted by atomic mass is 79.9. The van der Waals surface area contributed by atoms with E-state index in [-0.39, 0.29) is 18.2 Å². The van der Waals surface area contributed by atoms with Gasteiger partial charge < -0.3 is 10.2 Å². The first-order valence-electron chi connectivity index (χ1n) is 5.77. The smallest absolute Gasteiger partial charge is 0.313 e. The van der Waals surface area contributed by atoms with Crippen LogP contribution in [0.1, 0.15) is 13.3 Å². The normalized spacial score (nSPS) is 11.3. The average molecular weight is 342 g/mol. The zero-order valence-corrected chi connectivity index (χ0v) is 12.6. The molecule has 0 aliphatic heterocycles. The van der Waals surface area contributed by atoms with Gasteiger partial charge in [0, 0.05) is 17.6 Å². The van der Waals surface area contributed by atoms with Crippen molar-refractivity contribution in [3.8, 4) is 6.07 Å². The molecular weight excluding hydrogens is 329 g/mol. The van der Waals surface area contributed by atoms with Gasteiger partial charge in [-0.25, -0.2) is 4.39 Å². The number of nitrogens with one attached hydrogen (secondary N) is 1. The molecular formula is C13H13BrFN3O2. The minimum Gasteiger partial charge on any atom is -0.334 e. The minimum atomic E-state index is -0.886. The van der Waals surface area contributed by atoms with Gasteiger partial charge in [0.05, 0.1) is 18.2 Å². The molecule has 1 N–H and O–H groups in total. The van der Waals surface area contributed by atoms with Crippen LogP contribution < -0.4 is 5.32 Å². The monoisotopic (exact) mass is 341 g/mol. The molecule has 0 aromatic heterocycles. The number of benzene rings is 1. The lowest BCUT2D eigenvalue weighted by Gasteiger charge is -2.22. The molecule has 0 heterocycles. The summed E-state index contributed by atoms with van der Waals surface area (Å²) in [5, 5.41) is 10.9. The maximum atomic E-state index is 13.1. The lowest BCUT2D eigenvalue weighted by atomic mass is 10.2. The van der Waals surface area contributed by atoms with Crippen molar-refractivity contribution >= 4 is 33.4 Å². The summed E-state index contributed by atoms with van der Waals surface area (Å²) in [7, 11) is 1.44. The summed E-state index contributed by atoms with van der Waals surface area (Å²) in [4.78, 5) is 24.8. The Labute approximate surface area is 124 Å². The lowest BCUT2D eigenvalue weighted by Crippen LogP contribution is -2.42. The van der Waals surface area contributed by atoms with E-state index in [0.717, 1.165) is 6.07 Å². The number of nitriles is 1. The van der Waals surface area contributed by atoms with Gasteiger partial charge in [-0.05, 0) is 41.1 Å². The van der Waals surface area contributed by atoms with E-state index in [1.54, 1.807) is 6.92 Å². The average Bonchev–Trinajstić information content (AvgIpc) is 2.41. The van der Waals surface area contributed by atoms with E-state index in [2.05, 4.69) is 21.2 Å². The Hall–Kier alpha value is -1.94. The maximum absolute atomic E-state index is 13.1. The third-order valence-electron chi connectivity index (χ3n) is 2.74. The van der Waals surface area contributed by atoms with Gasteiger partial charge in [-0.2, -0.15) is 5.26 Å². The molecule has 5 nitrogen and oxygen atoms in total. The number of carbonyl (C=O) groups is 2. The number of rotatable bonds is 3. The fourth-order valence-corrected chi connectivity index (χ4v) is 1.74. The van der Waals surface area contributed by atoms with Crippen LogP contribution in [0.5, 0.6) is 0 Å². The minimum absolute atomic E-state index is 0.124. The Balaban J connectivity index is 2.78. The third kappa shape index (κ3) is 4.03. The molecule has 0 aliphatic carbocycles. The molecule has 20 heavy (non-hydrogen) atoms. The summed E-state index contributed by atoms with van der Waals surface area (Å²) in [6.07, 6.45) is 0.124. The zero-order chi connectivity index (χ0) is 15.3. The van der Waals surface area contributed by atoms with Crippen LogP contribution in [0.25, 0.3) is 0 Å². The van der Waals surface area contributed by atoms with Crippen LogP contribution in [0, 0.1) is 17.1 Å². The fourth-order valence-electron chi connectivity index (χ4n) is 1.40. The second-order valence-electron chi connectivity index (χ2n) is 4.21. The maximum Gasteiger partial charge on any atom is 0.313 e. The molecule has 106 valence electrons. The van der Waals surface area contributed by atoms with Crippen molar-refractivity contribution in [2.24, 2.45) is 0 Å². The number of hydrogen-bond acceptors (Lipinski definition) is 3.